The first-order chi connectivity index (χ1) is 9.31. The molecular formula is C10H15N3O5S2. The summed E-state index contributed by atoms with van der Waals surface area (Å²) in [4.78, 5) is 10.00. The van der Waals surface area contributed by atoms with Gasteiger partial charge in [0.15, 0.2) is 5.00 Å². The van der Waals surface area contributed by atoms with Crippen molar-refractivity contribution in [1.29, 1.82) is 0 Å². The predicted molar refractivity (Wildman–Crippen MR) is 74.1 cm³/mol. The largest absolute Gasteiger partial charge is 0.385 e. The number of nitrogens with two attached hydrogens (primary N) is 1. The molecule has 0 radical (unpaired) electrons. The van der Waals surface area contributed by atoms with Crippen molar-refractivity contribution in [3.05, 3.63) is 16.2 Å². The second-order valence-electron chi connectivity index (χ2n) is 4.61. The summed E-state index contributed by atoms with van der Waals surface area (Å²) in [6.07, 6.45) is 0.788. The van der Waals surface area contributed by atoms with Gasteiger partial charge < -0.3 is 10.5 Å². The Hall–Kier alpha value is -1.23. The zero-order valence-corrected chi connectivity index (χ0v) is 12.4. The van der Waals surface area contributed by atoms with Gasteiger partial charge >= 0.3 is 5.69 Å². The van der Waals surface area contributed by atoms with Crippen molar-refractivity contribution >= 4 is 32.0 Å². The third-order valence-corrected chi connectivity index (χ3v) is 6.18. The molecule has 2 rings (SSSR count). The summed E-state index contributed by atoms with van der Waals surface area (Å²) in [6, 6.07) is 0.685. The number of nitrogen functional groups attached to an aromatic ring is 1. The van der Waals surface area contributed by atoms with E-state index in [-0.39, 0.29) is 26.9 Å². The molecule has 10 heteroatoms. The molecule has 0 saturated carbocycles. The van der Waals surface area contributed by atoms with Gasteiger partial charge in [-0.3, -0.25) is 10.1 Å². The first-order valence-electron chi connectivity index (χ1n) is 5.95. The van der Waals surface area contributed by atoms with E-state index in [1.165, 1.54) is 0 Å². The van der Waals surface area contributed by atoms with E-state index in [0.29, 0.717) is 24.6 Å². The minimum atomic E-state index is -3.80. The van der Waals surface area contributed by atoms with E-state index in [4.69, 9.17) is 10.5 Å². The Bertz CT molecular complexity index is 606. The van der Waals surface area contributed by atoms with Crippen molar-refractivity contribution in [3.63, 3.8) is 0 Å². The topological polar surface area (TPSA) is 125 Å². The Labute approximate surface area is 120 Å². The fourth-order valence-electron chi connectivity index (χ4n) is 1.99. The van der Waals surface area contributed by atoms with Crippen LogP contribution in [0.15, 0.2) is 10.3 Å². The van der Waals surface area contributed by atoms with E-state index in [1.54, 1.807) is 6.92 Å². The number of hydrogen-bond acceptors (Lipinski definition) is 7. The molecule has 1 fully saturated rings. The average molecular weight is 321 g/mol. The molecule has 1 aromatic rings. The molecular weight excluding hydrogens is 306 g/mol. The molecule has 2 unspecified atom stereocenters. The van der Waals surface area contributed by atoms with E-state index in [0.717, 1.165) is 12.5 Å². The lowest BCUT2D eigenvalue weighted by Gasteiger charge is -2.18. The maximum Gasteiger partial charge on any atom is 0.304 e. The van der Waals surface area contributed by atoms with Crippen LogP contribution in [0.4, 0.5) is 10.7 Å². The van der Waals surface area contributed by atoms with E-state index < -0.39 is 14.9 Å². The molecule has 1 saturated heterocycles. The van der Waals surface area contributed by atoms with Gasteiger partial charge in [-0.15, -0.1) is 0 Å². The highest BCUT2D eigenvalue weighted by Crippen LogP contribution is 2.34. The summed E-state index contributed by atoms with van der Waals surface area (Å²) in [5, 5.41) is 10.6. The Morgan fingerprint density at radius 3 is 2.85 bits per heavy atom. The Kier molecular flexibility index (Phi) is 4.28. The summed E-state index contributed by atoms with van der Waals surface area (Å²) in [5.74, 6) is 0.108. The van der Waals surface area contributed by atoms with Gasteiger partial charge in [0.25, 0.3) is 10.0 Å². The van der Waals surface area contributed by atoms with Gasteiger partial charge in [0.2, 0.25) is 0 Å². The number of thiophene rings is 1. The van der Waals surface area contributed by atoms with Crippen molar-refractivity contribution in [2.45, 2.75) is 23.6 Å². The fraction of sp³-hybridized carbons (Fsp3) is 0.600. The lowest BCUT2D eigenvalue weighted by molar-refractivity contribution is -0.383. The Balaban J connectivity index is 2.17. The molecule has 1 aromatic heterocycles. The van der Waals surface area contributed by atoms with E-state index in [2.05, 4.69) is 4.72 Å². The molecule has 3 N–H and O–H groups in total. The smallest absolute Gasteiger partial charge is 0.304 e. The highest BCUT2D eigenvalue weighted by Gasteiger charge is 2.29. The van der Waals surface area contributed by atoms with Crippen LogP contribution < -0.4 is 10.5 Å². The number of nitrogens with one attached hydrogen (secondary N) is 1. The Morgan fingerprint density at radius 1 is 1.65 bits per heavy atom. The summed E-state index contributed by atoms with van der Waals surface area (Å²) in [7, 11) is -3.80. The minimum Gasteiger partial charge on any atom is -0.385 e. The molecule has 8 nitrogen and oxygen atoms in total. The lowest BCUT2D eigenvalue weighted by atomic mass is 10.0. The fourth-order valence-corrected chi connectivity index (χ4v) is 4.54. The van der Waals surface area contributed by atoms with Crippen LogP contribution in [-0.2, 0) is 14.8 Å². The Morgan fingerprint density at radius 2 is 2.35 bits per heavy atom. The number of hydrogen-bond donors (Lipinski definition) is 2. The van der Waals surface area contributed by atoms with Gasteiger partial charge in [-0.25, -0.2) is 13.1 Å². The number of nitro groups is 1. The molecule has 2 atom stereocenters. The zero-order valence-electron chi connectivity index (χ0n) is 10.7. The minimum absolute atomic E-state index is 0.108. The lowest BCUT2D eigenvalue weighted by Crippen LogP contribution is -2.38. The molecule has 2 heterocycles. The van der Waals surface area contributed by atoms with E-state index >= 15 is 0 Å². The number of anilines is 1. The monoisotopic (exact) mass is 321 g/mol. The highest BCUT2D eigenvalue weighted by molar-refractivity contribution is 7.91. The molecule has 112 valence electrons. The maximum atomic E-state index is 12.2. The molecule has 0 amide bonds. The third-order valence-electron chi connectivity index (χ3n) is 3.19. The van der Waals surface area contributed by atoms with Gasteiger partial charge in [-0.1, -0.05) is 11.3 Å². The van der Waals surface area contributed by atoms with Crippen LogP contribution in [0.2, 0.25) is 0 Å². The van der Waals surface area contributed by atoms with Gasteiger partial charge in [0.1, 0.15) is 4.21 Å². The van der Waals surface area contributed by atoms with Crippen LogP contribution in [0, 0.1) is 16.0 Å². The molecule has 0 aromatic carbocycles. The SMILES string of the molecule is CC(NS(=O)(=O)c1cc([N+](=O)[O-])c(N)s1)C1CCOC1. The van der Waals surface area contributed by atoms with Crippen molar-refractivity contribution in [3.8, 4) is 0 Å². The van der Waals surface area contributed by atoms with Crippen molar-refractivity contribution in [1.82, 2.24) is 4.72 Å². The van der Waals surface area contributed by atoms with Gasteiger partial charge in [-0.05, 0) is 13.3 Å². The van der Waals surface area contributed by atoms with Crippen molar-refractivity contribution < 1.29 is 18.1 Å². The molecule has 0 bridgehead atoms. The third kappa shape index (κ3) is 3.08. The number of sulfonamides is 1. The zero-order chi connectivity index (χ0) is 14.9. The second-order valence-corrected chi connectivity index (χ2v) is 7.63. The maximum absolute atomic E-state index is 12.2. The summed E-state index contributed by atoms with van der Waals surface area (Å²) in [5.41, 5.74) is 5.07. The van der Waals surface area contributed by atoms with Crippen molar-refractivity contribution in [2.75, 3.05) is 18.9 Å². The van der Waals surface area contributed by atoms with E-state index in [9.17, 15) is 18.5 Å². The number of nitrogens with zero attached hydrogens (tertiary/aromatic N) is 1. The molecule has 0 spiro atoms. The van der Waals surface area contributed by atoms with E-state index in [1.807, 2.05) is 0 Å². The van der Waals surface area contributed by atoms with Crippen LogP contribution in [0.1, 0.15) is 13.3 Å². The quantitative estimate of drug-likeness (QED) is 0.614. The van der Waals surface area contributed by atoms with Crippen LogP contribution in [-0.4, -0.2) is 32.6 Å². The van der Waals surface area contributed by atoms with Gasteiger partial charge in [0, 0.05) is 24.6 Å². The van der Waals surface area contributed by atoms with Crippen LogP contribution in [0.25, 0.3) is 0 Å². The number of ether oxygens (including phenoxy) is 1. The number of rotatable bonds is 5. The predicted octanol–water partition coefficient (Wildman–Crippen LogP) is 0.942. The van der Waals surface area contributed by atoms with Crippen molar-refractivity contribution in [2.24, 2.45) is 5.92 Å². The van der Waals surface area contributed by atoms with Gasteiger partial charge in [-0.2, -0.15) is 0 Å². The molecule has 1 aliphatic heterocycles. The normalized spacial score (nSPS) is 20.9. The molecule has 1 aliphatic rings. The summed E-state index contributed by atoms with van der Waals surface area (Å²) in [6.45, 7) is 2.88. The average Bonchev–Trinajstić information content (AvgIpc) is 2.96. The van der Waals surface area contributed by atoms with Crippen LogP contribution >= 0.6 is 11.3 Å². The second kappa shape index (κ2) is 5.64. The van der Waals surface area contributed by atoms with Crippen LogP contribution in [0.3, 0.4) is 0 Å². The van der Waals surface area contributed by atoms with Gasteiger partial charge in [0.05, 0.1) is 11.5 Å². The first-order valence-corrected chi connectivity index (χ1v) is 8.25. The summed E-state index contributed by atoms with van der Waals surface area (Å²) < 4.78 is 31.9. The molecule has 0 aliphatic carbocycles. The highest BCUT2D eigenvalue weighted by atomic mass is 32.2. The standard InChI is InChI=1S/C10H15N3O5S2/c1-6(7-2-3-18-5-7)12-20(16,17)9-4-8(13(14)15)10(11)19-9/h4,6-7,12H,2-3,5,11H2,1H3. The summed E-state index contributed by atoms with van der Waals surface area (Å²) >= 11 is 0.689. The first kappa shape index (κ1) is 15.2. The van der Waals surface area contributed by atoms with Crippen LogP contribution in [0.5, 0.6) is 0 Å². The molecule has 20 heavy (non-hydrogen) atoms.